The minimum atomic E-state index is -4.01. The van der Waals surface area contributed by atoms with Crippen LogP contribution in [0.4, 0.5) is 11.7 Å². The summed E-state index contributed by atoms with van der Waals surface area (Å²) in [7, 11) is -2.58. The third-order valence-corrected chi connectivity index (χ3v) is 7.95. The van der Waals surface area contributed by atoms with Gasteiger partial charge in [-0.05, 0) is 67.2 Å². The molecule has 5 rings (SSSR count). The van der Waals surface area contributed by atoms with Crippen LogP contribution in [0, 0.1) is 0 Å². The van der Waals surface area contributed by atoms with Crippen molar-refractivity contribution in [2.45, 2.75) is 51.0 Å². The number of aromatic nitrogens is 1. The molecule has 2 aromatic rings. The molecule has 10 heteroatoms. The van der Waals surface area contributed by atoms with E-state index >= 15 is 0 Å². The highest BCUT2D eigenvalue weighted by Gasteiger charge is 2.32. The second-order valence-electron chi connectivity index (χ2n) is 8.36. The van der Waals surface area contributed by atoms with E-state index in [-0.39, 0.29) is 17.8 Å². The summed E-state index contributed by atoms with van der Waals surface area (Å²) in [6.07, 6.45) is 8.26. The molecule has 2 aliphatic carbocycles. The van der Waals surface area contributed by atoms with Gasteiger partial charge in [0.1, 0.15) is 0 Å². The van der Waals surface area contributed by atoms with E-state index in [0.717, 1.165) is 48.5 Å². The highest BCUT2D eigenvalue weighted by Crippen LogP contribution is 2.39. The number of rotatable bonds is 6. The van der Waals surface area contributed by atoms with E-state index in [2.05, 4.69) is 21.1 Å². The number of hydrogen-bond donors (Lipinski definition) is 2. The van der Waals surface area contributed by atoms with E-state index in [9.17, 15) is 13.2 Å². The van der Waals surface area contributed by atoms with E-state index < -0.39 is 16.1 Å². The number of nitrogens with zero attached hydrogens (tertiary/aromatic N) is 2. The van der Waals surface area contributed by atoms with Crippen molar-refractivity contribution in [3.8, 4) is 0 Å². The molecular weight excluding hydrogens is 420 g/mol. The zero-order valence-corrected chi connectivity index (χ0v) is 18.3. The Morgan fingerprint density at radius 2 is 1.87 bits per heavy atom. The van der Waals surface area contributed by atoms with Gasteiger partial charge in [-0.15, -0.1) is 0 Å². The minimum absolute atomic E-state index is 0.161. The summed E-state index contributed by atoms with van der Waals surface area (Å²) in [5.41, 5.74) is 6.39. The number of fused-ring (bicyclic) bond motifs is 2. The van der Waals surface area contributed by atoms with Gasteiger partial charge < -0.3 is 14.5 Å². The Labute approximate surface area is 181 Å². The van der Waals surface area contributed by atoms with Gasteiger partial charge in [0.15, 0.2) is 0 Å². The fraction of sp³-hybridized carbons (Fsp3) is 0.524. The van der Waals surface area contributed by atoms with Crippen LogP contribution < -0.4 is 10.0 Å². The Morgan fingerprint density at radius 1 is 1.16 bits per heavy atom. The fourth-order valence-electron chi connectivity index (χ4n) is 4.76. The Kier molecular flexibility index (Phi) is 5.23. The first kappa shape index (κ1) is 20.5. The van der Waals surface area contributed by atoms with Crippen LogP contribution >= 0.6 is 0 Å². The average Bonchev–Trinajstić information content (AvgIpc) is 3.53. The molecule has 1 amide bonds. The van der Waals surface area contributed by atoms with Gasteiger partial charge in [0.05, 0.1) is 18.8 Å². The van der Waals surface area contributed by atoms with Crippen molar-refractivity contribution in [3.05, 3.63) is 40.3 Å². The second kappa shape index (κ2) is 7.92. The highest BCUT2D eigenvalue weighted by molar-refractivity contribution is 7.87. The molecule has 0 radical (unpaired) electrons. The zero-order valence-electron chi connectivity index (χ0n) is 17.4. The lowest BCUT2D eigenvalue weighted by atomic mass is 9.99. The number of nitrogens with one attached hydrogen (secondary N) is 2. The minimum Gasteiger partial charge on any atom is -0.418 e. The molecule has 1 aromatic heterocycles. The van der Waals surface area contributed by atoms with Crippen LogP contribution in [-0.4, -0.2) is 49.9 Å². The molecule has 0 saturated carbocycles. The predicted molar refractivity (Wildman–Crippen MR) is 114 cm³/mol. The van der Waals surface area contributed by atoms with Gasteiger partial charge in [-0.1, -0.05) is 6.07 Å². The summed E-state index contributed by atoms with van der Waals surface area (Å²) in [4.78, 5) is 16.7. The first-order chi connectivity index (χ1) is 14.9. The number of benzene rings is 1. The molecule has 1 atom stereocenters. The van der Waals surface area contributed by atoms with Crippen molar-refractivity contribution in [1.82, 2.24) is 14.0 Å². The highest BCUT2D eigenvalue weighted by atomic mass is 32.2. The van der Waals surface area contributed by atoms with Crippen LogP contribution in [-0.2, 0) is 40.6 Å². The van der Waals surface area contributed by atoms with Crippen molar-refractivity contribution >= 4 is 27.8 Å². The smallest absolute Gasteiger partial charge is 0.304 e. The topological polar surface area (TPSA) is 114 Å². The summed E-state index contributed by atoms with van der Waals surface area (Å²) >= 11 is 0. The molecule has 2 heterocycles. The van der Waals surface area contributed by atoms with E-state index in [1.165, 1.54) is 35.5 Å². The Morgan fingerprint density at radius 3 is 2.52 bits per heavy atom. The molecule has 2 N–H and O–H groups in total. The number of hydrogen-bond acceptors (Lipinski definition) is 7. The van der Waals surface area contributed by atoms with Crippen LogP contribution in [0.25, 0.3) is 0 Å². The third kappa shape index (κ3) is 3.83. The monoisotopic (exact) mass is 446 g/mol. The summed E-state index contributed by atoms with van der Waals surface area (Å²) in [6, 6.07) is 2.23. The maximum Gasteiger partial charge on any atom is 0.304 e. The largest absolute Gasteiger partial charge is 0.418 e. The summed E-state index contributed by atoms with van der Waals surface area (Å²) in [5, 5.41) is 3.28. The quantitative estimate of drug-likeness (QED) is 0.698. The zero-order chi connectivity index (χ0) is 21.6. The van der Waals surface area contributed by atoms with Crippen molar-refractivity contribution in [2.24, 2.45) is 0 Å². The lowest BCUT2D eigenvalue weighted by molar-refractivity contribution is 0.0952. The Hall–Kier alpha value is -2.43. The number of carbonyl (C=O) groups is 1. The summed E-state index contributed by atoms with van der Waals surface area (Å²) < 4.78 is 39.0. The number of aryl methyl sites for hydroxylation is 2. The lowest BCUT2D eigenvalue weighted by Gasteiger charge is -2.22. The molecule has 1 aromatic carbocycles. The van der Waals surface area contributed by atoms with Crippen molar-refractivity contribution in [1.29, 1.82) is 0 Å². The Balaban J connectivity index is 1.33. The van der Waals surface area contributed by atoms with E-state index in [0.29, 0.717) is 19.6 Å². The van der Waals surface area contributed by atoms with Gasteiger partial charge in [0.2, 0.25) is 5.76 Å². The molecule has 1 fully saturated rings. The van der Waals surface area contributed by atoms with Crippen LogP contribution in [0.2, 0.25) is 0 Å². The van der Waals surface area contributed by atoms with E-state index in [1.807, 2.05) is 0 Å². The number of likely N-dealkylation sites (N-methyl/N-ethyl adjacent to an activating group) is 1. The maximum atomic E-state index is 12.5. The molecule has 3 aliphatic rings. The van der Waals surface area contributed by atoms with Crippen molar-refractivity contribution in [2.75, 3.05) is 25.6 Å². The molecule has 1 unspecified atom stereocenters. The molecule has 0 spiro atoms. The van der Waals surface area contributed by atoms with Gasteiger partial charge in [0, 0.05) is 19.3 Å². The SMILES string of the molecule is CN(C1CCOC1)S(=O)(=O)NC(=O)c1cnc(Nc2c3c(cc4c2CCC4)CCC3)o1. The standard InChI is InChI=1S/C21H26N4O5S/c1-25(15-8-9-29-12-15)31(27,28)24-20(26)18-11-22-21(30-18)23-19-16-6-2-4-13(16)10-14-5-3-7-17(14)19/h10-11,15H,2-9,12H2,1H3,(H,22,23)(H,24,26). The van der Waals surface area contributed by atoms with Gasteiger partial charge in [-0.25, -0.2) is 9.71 Å². The second-order valence-corrected chi connectivity index (χ2v) is 10.1. The van der Waals surface area contributed by atoms with Crippen LogP contribution in [0.3, 0.4) is 0 Å². The molecule has 9 nitrogen and oxygen atoms in total. The first-order valence-corrected chi connectivity index (χ1v) is 12.1. The van der Waals surface area contributed by atoms with Crippen molar-refractivity contribution < 1.29 is 22.4 Å². The molecule has 166 valence electrons. The number of ether oxygens (including phenoxy) is 1. The first-order valence-electron chi connectivity index (χ1n) is 10.7. The number of anilines is 2. The van der Waals surface area contributed by atoms with Gasteiger partial charge in [-0.2, -0.15) is 12.7 Å². The lowest BCUT2D eigenvalue weighted by Crippen LogP contribution is -2.46. The fourth-order valence-corrected chi connectivity index (χ4v) is 5.79. The normalized spacial score (nSPS) is 20.1. The molecule has 0 bridgehead atoms. The van der Waals surface area contributed by atoms with E-state index in [4.69, 9.17) is 9.15 Å². The number of carbonyl (C=O) groups excluding carboxylic acids is 1. The van der Waals surface area contributed by atoms with Crippen LogP contribution in [0.5, 0.6) is 0 Å². The van der Waals surface area contributed by atoms with Crippen LogP contribution in [0.1, 0.15) is 52.1 Å². The van der Waals surface area contributed by atoms with Crippen molar-refractivity contribution in [3.63, 3.8) is 0 Å². The van der Waals surface area contributed by atoms with E-state index in [1.54, 1.807) is 0 Å². The molecule has 1 aliphatic heterocycles. The Bertz CT molecular complexity index is 1090. The maximum absolute atomic E-state index is 12.5. The molecule has 1 saturated heterocycles. The molecule has 31 heavy (non-hydrogen) atoms. The molecular formula is C21H26N4O5S. The van der Waals surface area contributed by atoms with Gasteiger partial charge >= 0.3 is 16.1 Å². The summed E-state index contributed by atoms with van der Waals surface area (Å²) in [5.74, 6) is -1.01. The number of oxazole rings is 1. The third-order valence-electron chi connectivity index (χ3n) is 6.46. The van der Waals surface area contributed by atoms with Crippen LogP contribution in [0.15, 0.2) is 16.7 Å². The average molecular weight is 447 g/mol. The van der Waals surface area contributed by atoms with Gasteiger partial charge in [0.25, 0.3) is 6.01 Å². The predicted octanol–water partition coefficient (Wildman–Crippen LogP) is 2.09. The number of amides is 1. The van der Waals surface area contributed by atoms with Gasteiger partial charge in [-0.3, -0.25) is 4.79 Å². The summed E-state index contributed by atoms with van der Waals surface area (Å²) in [6.45, 7) is 0.816.